The molecule has 1 saturated carbocycles. The number of nitrogens with one attached hydrogen (secondary N) is 1. The summed E-state index contributed by atoms with van der Waals surface area (Å²) in [6.45, 7) is 0. The minimum Gasteiger partial charge on any atom is -0.326 e. The van der Waals surface area contributed by atoms with Gasteiger partial charge in [-0.05, 0) is 48.7 Å². The Labute approximate surface area is 149 Å². The fourth-order valence-electron chi connectivity index (χ4n) is 2.94. The molecule has 2 amide bonds. The molecular formula is C19H17FN2O2S. The van der Waals surface area contributed by atoms with Gasteiger partial charge in [-0.25, -0.2) is 4.39 Å². The summed E-state index contributed by atoms with van der Waals surface area (Å²) in [5, 5.41) is 2.70. The van der Waals surface area contributed by atoms with E-state index in [1.807, 2.05) is 24.3 Å². The molecule has 1 aliphatic heterocycles. The minimum atomic E-state index is -0.369. The Bertz CT molecular complexity index is 838. The monoisotopic (exact) mass is 356 g/mol. The van der Waals surface area contributed by atoms with Gasteiger partial charge in [-0.15, -0.1) is 11.8 Å². The van der Waals surface area contributed by atoms with Gasteiger partial charge in [-0.1, -0.05) is 18.2 Å². The molecule has 2 aromatic rings. The molecule has 25 heavy (non-hydrogen) atoms. The second-order valence-corrected chi connectivity index (χ2v) is 7.36. The number of hydrogen-bond acceptors (Lipinski definition) is 3. The van der Waals surface area contributed by atoms with Gasteiger partial charge in [0.1, 0.15) is 11.2 Å². The summed E-state index contributed by atoms with van der Waals surface area (Å²) in [5.74, 6) is 0.114. The van der Waals surface area contributed by atoms with Crippen molar-refractivity contribution in [2.75, 3.05) is 16.0 Å². The van der Waals surface area contributed by atoms with Crippen LogP contribution >= 0.6 is 11.8 Å². The zero-order valence-corrected chi connectivity index (χ0v) is 14.3. The lowest BCUT2D eigenvalue weighted by molar-refractivity contribution is -0.117. The van der Waals surface area contributed by atoms with Crippen LogP contribution in [0.15, 0.2) is 48.5 Å². The van der Waals surface area contributed by atoms with Gasteiger partial charge in [0.25, 0.3) is 0 Å². The maximum absolute atomic E-state index is 13.6. The summed E-state index contributed by atoms with van der Waals surface area (Å²) in [6.07, 6.45) is 1.90. The molecule has 1 heterocycles. The average Bonchev–Trinajstić information content (AvgIpc) is 3.38. The van der Waals surface area contributed by atoms with E-state index in [-0.39, 0.29) is 28.9 Å². The molecule has 0 spiro atoms. The van der Waals surface area contributed by atoms with Crippen molar-refractivity contribution in [2.24, 2.45) is 5.92 Å². The first-order valence-corrected chi connectivity index (χ1v) is 9.27. The number of halogens is 1. The van der Waals surface area contributed by atoms with Crippen LogP contribution in [0.1, 0.15) is 23.8 Å². The Morgan fingerprint density at radius 1 is 1.16 bits per heavy atom. The van der Waals surface area contributed by atoms with E-state index in [9.17, 15) is 14.0 Å². The second-order valence-electron chi connectivity index (χ2n) is 6.30. The summed E-state index contributed by atoms with van der Waals surface area (Å²) in [4.78, 5) is 25.9. The fraction of sp³-hybridized carbons (Fsp3) is 0.263. The van der Waals surface area contributed by atoms with Crippen molar-refractivity contribution in [3.63, 3.8) is 0 Å². The molecule has 0 aromatic heterocycles. The van der Waals surface area contributed by atoms with Gasteiger partial charge in [0.15, 0.2) is 0 Å². The predicted molar refractivity (Wildman–Crippen MR) is 96.9 cm³/mol. The van der Waals surface area contributed by atoms with Crippen LogP contribution < -0.4 is 10.2 Å². The first kappa shape index (κ1) is 16.1. The molecule has 0 unspecified atom stereocenters. The highest BCUT2D eigenvalue weighted by Gasteiger charge is 2.34. The zero-order chi connectivity index (χ0) is 17.4. The predicted octanol–water partition coefficient (Wildman–Crippen LogP) is 3.95. The first-order valence-electron chi connectivity index (χ1n) is 8.22. The number of amides is 2. The minimum absolute atomic E-state index is 0.0481. The lowest BCUT2D eigenvalue weighted by Gasteiger charge is -2.24. The van der Waals surface area contributed by atoms with Crippen molar-refractivity contribution in [3.8, 4) is 0 Å². The number of nitrogens with zero attached hydrogens (tertiary/aromatic N) is 1. The maximum atomic E-state index is 13.6. The average molecular weight is 356 g/mol. The normalized spacial score (nSPS) is 20.0. The van der Waals surface area contributed by atoms with Gasteiger partial charge in [-0.3, -0.25) is 14.5 Å². The third kappa shape index (κ3) is 3.39. The van der Waals surface area contributed by atoms with Crippen molar-refractivity contribution in [2.45, 2.75) is 18.2 Å². The van der Waals surface area contributed by atoms with E-state index in [0.29, 0.717) is 11.4 Å². The number of carbonyl (C=O) groups is 2. The Kier molecular flexibility index (Phi) is 4.21. The van der Waals surface area contributed by atoms with Crippen molar-refractivity contribution < 1.29 is 14.0 Å². The highest BCUT2D eigenvalue weighted by molar-refractivity contribution is 8.00. The zero-order valence-electron chi connectivity index (χ0n) is 13.4. The smallest absolute Gasteiger partial charge is 0.238 e. The largest absolute Gasteiger partial charge is 0.326 e. The number of benzene rings is 2. The molecule has 0 radical (unpaired) electrons. The molecule has 0 bridgehead atoms. The number of anilines is 2. The SMILES string of the molecule is O=C(Nc1cccc([C@H]2SCC(=O)N2c2cccc(F)c2)c1)C1CC1. The summed E-state index contributed by atoms with van der Waals surface area (Å²) < 4.78 is 13.6. The molecule has 128 valence electrons. The van der Waals surface area contributed by atoms with E-state index in [4.69, 9.17) is 0 Å². The maximum Gasteiger partial charge on any atom is 0.238 e. The number of hydrogen-bond donors (Lipinski definition) is 1. The van der Waals surface area contributed by atoms with Crippen LogP contribution in [0.25, 0.3) is 0 Å². The Morgan fingerprint density at radius 3 is 2.72 bits per heavy atom. The molecule has 1 atom stereocenters. The van der Waals surface area contributed by atoms with Crippen LogP contribution in [-0.2, 0) is 9.59 Å². The summed E-state index contributed by atoms with van der Waals surface area (Å²) in [5.41, 5.74) is 2.19. The molecular weight excluding hydrogens is 339 g/mol. The molecule has 6 heteroatoms. The topological polar surface area (TPSA) is 49.4 Å². The Morgan fingerprint density at radius 2 is 1.96 bits per heavy atom. The summed E-state index contributed by atoms with van der Waals surface area (Å²) >= 11 is 1.50. The van der Waals surface area contributed by atoms with Gasteiger partial charge in [-0.2, -0.15) is 0 Å². The van der Waals surface area contributed by atoms with Gasteiger partial charge in [0.2, 0.25) is 11.8 Å². The Balaban J connectivity index is 1.61. The lowest BCUT2D eigenvalue weighted by atomic mass is 10.1. The van der Waals surface area contributed by atoms with Crippen LogP contribution in [0.3, 0.4) is 0 Å². The van der Waals surface area contributed by atoms with Crippen LogP contribution in [0.2, 0.25) is 0 Å². The second kappa shape index (κ2) is 6.52. The van der Waals surface area contributed by atoms with Gasteiger partial charge in [0.05, 0.1) is 5.75 Å². The van der Waals surface area contributed by atoms with Crippen molar-refractivity contribution in [1.29, 1.82) is 0 Å². The third-order valence-electron chi connectivity index (χ3n) is 4.34. The molecule has 4 nitrogen and oxygen atoms in total. The van der Waals surface area contributed by atoms with E-state index in [1.54, 1.807) is 17.0 Å². The lowest BCUT2D eigenvalue weighted by Crippen LogP contribution is -2.28. The number of thioether (sulfide) groups is 1. The quantitative estimate of drug-likeness (QED) is 0.902. The first-order chi connectivity index (χ1) is 12.1. The molecule has 2 aromatic carbocycles. The van der Waals surface area contributed by atoms with E-state index in [1.165, 1.54) is 23.9 Å². The molecule has 2 fully saturated rings. The van der Waals surface area contributed by atoms with Crippen molar-refractivity contribution in [1.82, 2.24) is 0 Å². The van der Waals surface area contributed by atoms with Crippen LogP contribution in [-0.4, -0.2) is 17.6 Å². The summed E-state index contributed by atoms with van der Waals surface area (Å²) in [6, 6.07) is 13.6. The van der Waals surface area contributed by atoms with Crippen molar-refractivity contribution >= 4 is 35.0 Å². The Hall–Kier alpha value is -2.34. The molecule has 1 aliphatic carbocycles. The van der Waals surface area contributed by atoms with Crippen LogP contribution in [0.5, 0.6) is 0 Å². The molecule has 1 saturated heterocycles. The van der Waals surface area contributed by atoms with Crippen LogP contribution in [0.4, 0.5) is 15.8 Å². The van der Waals surface area contributed by atoms with E-state index in [0.717, 1.165) is 24.1 Å². The van der Waals surface area contributed by atoms with E-state index in [2.05, 4.69) is 5.32 Å². The van der Waals surface area contributed by atoms with E-state index >= 15 is 0 Å². The highest BCUT2D eigenvalue weighted by atomic mass is 32.2. The molecule has 1 N–H and O–H groups in total. The molecule has 4 rings (SSSR count). The van der Waals surface area contributed by atoms with Crippen LogP contribution in [0, 0.1) is 11.7 Å². The van der Waals surface area contributed by atoms with Gasteiger partial charge >= 0.3 is 0 Å². The number of rotatable bonds is 4. The van der Waals surface area contributed by atoms with Gasteiger partial charge in [0, 0.05) is 17.3 Å². The highest BCUT2D eigenvalue weighted by Crippen LogP contribution is 2.42. The number of carbonyl (C=O) groups excluding carboxylic acids is 2. The van der Waals surface area contributed by atoms with Gasteiger partial charge < -0.3 is 5.32 Å². The fourth-order valence-corrected chi connectivity index (χ4v) is 4.10. The van der Waals surface area contributed by atoms with Crippen molar-refractivity contribution in [3.05, 3.63) is 59.9 Å². The standard InChI is InChI=1S/C19H17FN2O2S/c20-14-4-2-6-16(10-14)22-17(23)11-25-19(22)13-3-1-5-15(9-13)21-18(24)12-7-8-12/h1-6,9-10,12,19H,7-8,11H2,(H,21,24)/t19-/m1/s1. The van der Waals surface area contributed by atoms with E-state index < -0.39 is 0 Å². The molecule has 2 aliphatic rings. The summed E-state index contributed by atoms with van der Waals surface area (Å²) in [7, 11) is 0. The third-order valence-corrected chi connectivity index (χ3v) is 5.55.